The van der Waals surface area contributed by atoms with Crippen LogP contribution in [0.1, 0.15) is 58.8 Å². The first-order valence-electron chi connectivity index (χ1n) is 6.10. The standard InChI is InChI=1S/C12H25N/c1-3-5-9-12(4-2)13-10-11-7-6-8-11/h11-13H,3-10H2,1-2H3. The molecule has 78 valence electrons. The molecule has 1 heteroatoms. The van der Waals surface area contributed by atoms with E-state index in [0.717, 1.165) is 12.0 Å². The maximum Gasteiger partial charge on any atom is 0.00645 e. The molecule has 1 atom stereocenters. The van der Waals surface area contributed by atoms with Crippen molar-refractivity contribution in [3.8, 4) is 0 Å². The van der Waals surface area contributed by atoms with Crippen LogP contribution < -0.4 is 5.32 Å². The summed E-state index contributed by atoms with van der Waals surface area (Å²) in [6.07, 6.45) is 9.80. The molecule has 0 amide bonds. The molecule has 1 unspecified atom stereocenters. The Morgan fingerprint density at radius 1 is 1.31 bits per heavy atom. The van der Waals surface area contributed by atoms with Gasteiger partial charge in [0.1, 0.15) is 0 Å². The minimum absolute atomic E-state index is 0.792. The Morgan fingerprint density at radius 2 is 2.08 bits per heavy atom. The lowest BCUT2D eigenvalue weighted by Gasteiger charge is -2.28. The molecule has 1 saturated carbocycles. The van der Waals surface area contributed by atoms with Crippen molar-refractivity contribution in [2.75, 3.05) is 6.54 Å². The predicted octanol–water partition coefficient (Wildman–Crippen LogP) is 3.34. The van der Waals surface area contributed by atoms with Crippen LogP contribution in [0, 0.1) is 5.92 Å². The van der Waals surface area contributed by atoms with Crippen molar-refractivity contribution >= 4 is 0 Å². The van der Waals surface area contributed by atoms with E-state index >= 15 is 0 Å². The first-order valence-corrected chi connectivity index (χ1v) is 6.10. The van der Waals surface area contributed by atoms with Crippen molar-refractivity contribution in [2.24, 2.45) is 5.92 Å². The highest BCUT2D eigenvalue weighted by atomic mass is 14.9. The molecule has 0 heterocycles. The number of rotatable bonds is 7. The first kappa shape index (κ1) is 11.0. The summed E-state index contributed by atoms with van der Waals surface area (Å²) in [6.45, 7) is 5.86. The summed E-state index contributed by atoms with van der Waals surface area (Å²) in [5.74, 6) is 1.01. The highest BCUT2D eigenvalue weighted by molar-refractivity contribution is 4.74. The third kappa shape index (κ3) is 4.12. The van der Waals surface area contributed by atoms with Gasteiger partial charge in [0.25, 0.3) is 0 Å². The molecular weight excluding hydrogens is 158 g/mol. The lowest BCUT2D eigenvalue weighted by molar-refractivity contribution is 0.282. The summed E-state index contributed by atoms with van der Waals surface area (Å²) in [6, 6.07) is 0.792. The van der Waals surface area contributed by atoms with Gasteiger partial charge in [-0.15, -0.1) is 0 Å². The molecule has 0 aliphatic heterocycles. The Bertz CT molecular complexity index is 118. The molecule has 1 aliphatic rings. The summed E-state index contributed by atoms with van der Waals surface area (Å²) in [5.41, 5.74) is 0. The highest BCUT2D eigenvalue weighted by Crippen LogP contribution is 2.25. The van der Waals surface area contributed by atoms with Gasteiger partial charge in [0.2, 0.25) is 0 Å². The maximum atomic E-state index is 3.71. The van der Waals surface area contributed by atoms with Gasteiger partial charge < -0.3 is 5.32 Å². The van der Waals surface area contributed by atoms with E-state index in [9.17, 15) is 0 Å². The Kier molecular flexibility index (Phi) is 5.45. The zero-order valence-corrected chi connectivity index (χ0v) is 9.31. The van der Waals surface area contributed by atoms with E-state index in [1.54, 1.807) is 0 Å². The summed E-state index contributed by atoms with van der Waals surface area (Å²) in [5, 5.41) is 3.71. The monoisotopic (exact) mass is 183 g/mol. The summed E-state index contributed by atoms with van der Waals surface area (Å²) in [7, 11) is 0. The van der Waals surface area contributed by atoms with Gasteiger partial charge in [-0.2, -0.15) is 0 Å². The molecule has 1 aliphatic carbocycles. The van der Waals surface area contributed by atoms with Crippen LogP contribution in [0.2, 0.25) is 0 Å². The fourth-order valence-corrected chi connectivity index (χ4v) is 1.93. The van der Waals surface area contributed by atoms with Crippen molar-refractivity contribution < 1.29 is 0 Å². The van der Waals surface area contributed by atoms with E-state index in [0.29, 0.717) is 0 Å². The van der Waals surface area contributed by atoms with Gasteiger partial charge >= 0.3 is 0 Å². The zero-order chi connectivity index (χ0) is 9.52. The van der Waals surface area contributed by atoms with E-state index in [1.165, 1.54) is 51.5 Å². The molecule has 1 fully saturated rings. The van der Waals surface area contributed by atoms with E-state index in [-0.39, 0.29) is 0 Å². The molecule has 0 bridgehead atoms. The first-order chi connectivity index (χ1) is 6.36. The Balaban J connectivity index is 2.00. The Morgan fingerprint density at radius 3 is 2.54 bits per heavy atom. The van der Waals surface area contributed by atoms with E-state index in [4.69, 9.17) is 0 Å². The van der Waals surface area contributed by atoms with Crippen molar-refractivity contribution in [1.29, 1.82) is 0 Å². The Labute approximate surface area is 83.3 Å². The van der Waals surface area contributed by atoms with Crippen LogP contribution in [0.4, 0.5) is 0 Å². The van der Waals surface area contributed by atoms with Crippen LogP contribution in [-0.4, -0.2) is 12.6 Å². The van der Waals surface area contributed by atoms with Gasteiger partial charge in [-0.25, -0.2) is 0 Å². The van der Waals surface area contributed by atoms with Crippen LogP contribution in [0.3, 0.4) is 0 Å². The van der Waals surface area contributed by atoms with Gasteiger partial charge in [-0.05, 0) is 38.1 Å². The molecule has 1 N–H and O–H groups in total. The summed E-state index contributed by atoms with van der Waals surface area (Å²) < 4.78 is 0. The molecule has 0 aromatic heterocycles. The predicted molar refractivity (Wildman–Crippen MR) is 58.9 cm³/mol. The highest BCUT2D eigenvalue weighted by Gasteiger charge is 2.17. The smallest absolute Gasteiger partial charge is 0.00645 e. The number of unbranched alkanes of at least 4 members (excludes halogenated alkanes) is 1. The second-order valence-corrected chi connectivity index (χ2v) is 4.45. The fourth-order valence-electron chi connectivity index (χ4n) is 1.93. The van der Waals surface area contributed by atoms with Crippen molar-refractivity contribution in [3.05, 3.63) is 0 Å². The average Bonchev–Trinajstić information content (AvgIpc) is 2.08. The molecule has 0 radical (unpaired) electrons. The molecule has 0 saturated heterocycles. The molecule has 0 aromatic rings. The van der Waals surface area contributed by atoms with Crippen LogP contribution >= 0.6 is 0 Å². The maximum absolute atomic E-state index is 3.71. The van der Waals surface area contributed by atoms with Crippen molar-refractivity contribution in [2.45, 2.75) is 64.8 Å². The van der Waals surface area contributed by atoms with E-state index < -0.39 is 0 Å². The Hall–Kier alpha value is -0.0400. The molecule has 1 nitrogen and oxygen atoms in total. The van der Waals surface area contributed by atoms with E-state index in [1.807, 2.05) is 0 Å². The second-order valence-electron chi connectivity index (χ2n) is 4.45. The normalized spacial score (nSPS) is 19.8. The average molecular weight is 183 g/mol. The lowest BCUT2D eigenvalue weighted by atomic mass is 9.85. The summed E-state index contributed by atoms with van der Waals surface area (Å²) in [4.78, 5) is 0. The van der Waals surface area contributed by atoms with Gasteiger partial charge in [0, 0.05) is 6.04 Å². The number of hydrogen-bond acceptors (Lipinski definition) is 1. The van der Waals surface area contributed by atoms with Crippen LogP contribution in [-0.2, 0) is 0 Å². The van der Waals surface area contributed by atoms with Crippen molar-refractivity contribution in [3.63, 3.8) is 0 Å². The van der Waals surface area contributed by atoms with Gasteiger partial charge in [0.15, 0.2) is 0 Å². The number of hydrogen-bond donors (Lipinski definition) is 1. The molecule has 1 rings (SSSR count). The minimum atomic E-state index is 0.792. The largest absolute Gasteiger partial charge is 0.314 e. The SMILES string of the molecule is CCCCC(CC)NCC1CCC1. The lowest BCUT2D eigenvalue weighted by Crippen LogP contribution is -2.35. The molecule has 0 spiro atoms. The number of nitrogens with one attached hydrogen (secondary N) is 1. The van der Waals surface area contributed by atoms with Gasteiger partial charge in [-0.3, -0.25) is 0 Å². The van der Waals surface area contributed by atoms with Crippen LogP contribution in [0.15, 0.2) is 0 Å². The van der Waals surface area contributed by atoms with Crippen LogP contribution in [0.25, 0.3) is 0 Å². The van der Waals surface area contributed by atoms with Crippen molar-refractivity contribution in [1.82, 2.24) is 5.32 Å². The molecule has 13 heavy (non-hydrogen) atoms. The molecular formula is C12H25N. The molecule has 0 aromatic carbocycles. The van der Waals surface area contributed by atoms with E-state index in [2.05, 4.69) is 19.2 Å². The van der Waals surface area contributed by atoms with Gasteiger partial charge in [-0.1, -0.05) is 33.1 Å². The van der Waals surface area contributed by atoms with Gasteiger partial charge in [0.05, 0.1) is 0 Å². The quantitative estimate of drug-likeness (QED) is 0.638. The third-order valence-electron chi connectivity index (χ3n) is 3.32. The topological polar surface area (TPSA) is 12.0 Å². The minimum Gasteiger partial charge on any atom is -0.314 e. The third-order valence-corrected chi connectivity index (χ3v) is 3.32. The van der Waals surface area contributed by atoms with Crippen LogP contribution in [0.5, 0.6) is 0 Å². The zero-order valence-electron chi connectivity index (χ0n) is 9.31. The second kappa shape index (κ2) is 6.42. The summed E-state index contributed by atoms with van der Waals surface area (Å²) >= 11 is 0. The fraction of sp³-hybridized carbons (Fsp3) is 1.00.